The van der Waals surface area contributed by atoms with Crippen LogP contribution in [0.4, 0.5) is 16.2 Å². The summed E-state index contributed by atoms with van der Waals surface area (Å²) in [4.78, 5) is 22.8. The van der Waals surface area contributed by atoms with Crippen LogP contribution < -0.4 is 21.7 Å². The molecule has 7 heteroatoms. The van der Waals surface area contributed by atoms with Gasteiger partial charge in [-0.05, 0) is 26.0 Å². The molecule has 0 fully saturated rings. The zero-order chi connectivity index (χ0) is 13.5. The summed E-state index contributed by atoms with van der Waals surface area (Å²) in [6, 6.07) is 6.64. The predicted octanol–water partition coefficient (Wildman–Crippen LogP) is 1.54. The number of benzene rings is 1. The summed E-state index contributed by atoms with van der Waals surface area (Å²) >= 11 is 0. The standard InChI is InChI=1S/C12H18N4O2.ClH/c1-8(2)14-12(18)16-10-6-4-3-5-9(10)15-11(17)7-13;/h3-6,8H,7,13H2,1-2H3,(H,15,17)(H2,14,16,18);1H. The van der Waals surface area contributed by atoms with Crippen molar-refractivity contribution in [3.8, 4) is 0 Å². The van der Waals surface area contributed by atoms with Crippen LogP contribution in [0, 0.1) is 0 Å². The molecular weight excluding hydrogens is 268 g/mol. The first-order valence-electron chi connectivity index (χ1n) is 5.69. The van der Waals surface area contributed by atoms with Crippen LogP contribution in [0.3, 0.4) is 0 Å². The molecule has 1 aromatic rings. The number of nitrogens with one attached hydrogen (secondary N) is 3. The zero-order valence-corrected chi connectivity index (χ0v) is 11.7. The monoisotopic (exact) mass is 286 g/mol. The van der Waals surface area contributed by atoms with Crippen molar-refractivity contribution in [2.24, 2.45) is 5.73 Å². The van der Waals surface area contributed by atoms with Gasteiger partial charge in [-0.1, -0.05) is 12.1 Å². The van der Waals surface area contributed by atoms with Gasteiger partial charge in [0.15, 0.2) is 0 Å². The number of halogens is 1. The molecule has 3 amide bonds. The van der Waals surface area contributed by atoms with Gasteiger partial charge in [0.25, 0.3) is 0 Å². The van der Waals surface area contributed by atoms with Crippen LogP contribution in [0.15, 0.2) is 24.3 Å². The van der Waals surface area contributed by atoms with Crippen molar-refractivity contribution in [3.63, 3.8) is 0 Å². The number of hydrogen-bond acceptors (Lipinski definition) is 3. The molecule has 0 heterocycles. The number of hydrogen-bond donors (Lipinski definition) is 4. The lowest BCUT2D eigenvalue weighted by Crippen LogP contribution is -2.34. The highest BCUT2D eigenvalue weighted by atomic mass is 35.5. The predicted molar refractivity (Wildman–Crippen MR) is 78.7 cm³/mol. The smallest absolute Gasteiger partial charge is 0.319 e. The van der Waals surface area contributed by atoms with Crippen molar-refractivity contribution in [1.82, 2.24) is 5.32 Å². The van der Waals surface area contributed by atoms with Gasteiger partial charge in [0.1, 0.15) is 0 Å². The van der Waals surface area contributed by atoms with Crippen LogP contribution in [0.25, 0.3) is 0 Å². The molecule has 0 aliphatic rings. The van der Waals surface area contributed by atoms with E-state index in [9.17, 15) is 9.59 Å². The SMILES string of the molecule is CC(C)NC(=O)Nc1ccccc1NC(=O)CN.Cl. The summed E-state index contributed by atoms with van der Waals surface area (Å²) in [5, 5.41) is 7.98. The van der Waals surface area contributed by atoms with Gasteiger partial charge in [0, 0.05) is 6.04 Å². The molecule has 0 spiro atoms. The normalized spacial score (nSPS) is 9.47. The van der Waals surface area contributed by atoms with E-state index in [0.717, 1.165) is 0 Å². The van der Waals surface area contributed by atoms with Gasteiger partial charge in [-0.25, -0.2) is 4.79 Å². The summed E-state index contributed by atoms with van der Waals surface area (Å²) in [7, 11) is 0. The molecule has 0 saturated carbocycles. The lowest BCUT2D eigenvalue weighted by atomic mass is 10.2. The lowest BCUT2D eigenvalue weighted by molar-refractivity contribution is -0.114. The maximum absolute atomic E-state index is 11.6. The number of urea groups is 1. The Morgan fingerprint density at radius 3 is 2.16 bits per heavy atom. The van der Waals surface area contributed by atoms with Crippen molar-refractivity contribution in [3.05, 3.63) is 24.3 Å². The fourth-order valence-corrected chi connectivity index (χ4v) is 1.32. The van der Waals surface area contributed by atoms with Crippen LogP contribution in [-0.2, 0) is 4.79 Å². The van der Waals surface area contributed by atoms with Crippen molar-refractivity contribution in [1.29, 1.82) is 0 Å². The molecule has 0 aliphatic heterocycles. The van der Waals surface area contributed by atoms with Crippen molar-refractivity contribution >= 4 is 35.7 Å². The molecule has 0 unspecified atom stereocenters. The Morgan fingerprint density at radius 2 is 1.68 bits per heavy atom. The van der Waals surface area contributed by atoms with E-state index in [4.69, 9.17) is 5.73 Å². The third-order valence-corrected chi connectivity index (χ3v) is 2.05. The van der Waals surface area contributed by atoms with E-state index in [0.29, 0.717) is 11.4 Å². The van der Waals surface area contributed by atoms with E-state index in [1.807, 2.05) is 13.8 Å². The van der Waals surface area contributed by atoms with E-state index >= 15 is 0 Å². The Morgan fingerprint density at radius 1 is 1.16 bits per heavy atom. The van der Waals surface area contributed by atoms with Crippen molar-refractivity contribution < 1.29 is 9.59 Å². The molecule has 5 N–H and O–H groups in total. The third-order valence-electron chi connectivity index (χ3n) is 2.05. The molecule has 1 aromatic carbocycles. The molecule has 0 atom stereocenters. The average molecular weight is 287 g/mol. The Kier molecular flexibility index (Phi) is 7.55. The number of rotatable bonds is 4. The minimum atomic E-state index is -0.320. The van der Waals surface area contributed by atoms with Gasteiger partial charge < -0.3 is 21.7 Å². The number of anilines is 2. The number of carbonyl (C=O) groups is 2. The number of para-hydroxylation sites is 2. The van der Waals surface area contributed by atoms with Gasteiger partial charge in [-0.3, -0.25) is 4.79 Å². The Labute approximate surface area is 118 Å². The molecule has 0 aromatic heterocycles. The van der Waals surface area contributed by atoms with Crippen LogP contribution >= 0.6 is 12.4 Å². The molecule has 0 bridgehead atoms. The van der Waals surface area contributed by atoms with Crippen LogP contribution in [0.5, 0.6) is 0 Å². The second kappa shape index (κ2) is 8.34. The second-order valence-electron chi connectivity index (χ2n) is 4.05. The van der Waals surface area contributed by atoms with Gasteiger partial charge in [-0.2, -0.15) is 0 Å². The molecule has 0 aliphatic carbocycles. The van der Waals surface area contributed by atoms with Crippen LogP contribution in [-0.4, -0.2) is 24.5 Å². The molecule has 19 heavy (non-hydrogen) atoms. The minimum Gasteiger partial charge on any atom is -0.336 e. The van der Waals surface area contributed by atoms with E-state index in [-0.39, 0.29) is 36.9 Å². The Balaban J connectivity index is 0.00000324. The Bertz CT molecular complexity index is 437. The third kappa shape index (κ3) is 6.08. The highest BCUT2D eigenvalue weighted by Gasteiger charge is 2.08. The quantitative estimate of drug-likeness (QED) is 0.676. The molecule has 106 valence electrons. The lowest BCUT2D eigenvalue weighted by Gasteiger charge is -2.13. The van der Waals surface area contributed by atoms with Crippen molar-refractivity contribution in [2.75, 3.05) is 17.2 Å². The van der Waals surface area contributed by atoms with Crippen LogP contribution in [0.1, 0.15) is 13.8 Å². The molecular formula is C12H19ClN4O2. The van der Waals surface area contributed by atoms with Gasteiger partial charge in [0.2, 0.25) is 5.91 Å². The average Bonchev–Trinajstić information content (AvgIpc) is 2.30. The second-order valence-corrected chi connectivity index (χ2v) is 4.05. The van der Waals surface area contributed by atoms with E-state index < -0.39 is 0 Å². The fourth-order valence-electron chi connectivity index (χ4n) is 1.32. The highest BCUT2D eigenvalue weighted by molar-refractivity contribution is 5.99. The van der Waals surface area contributed by atoms with Gasteiger partial charge in [-0.15, -0.1) is 12.4 Å². The minimum absolute atomic E-state index is 0. The number of carbonyl (C=O) groups excluding carboxylic acids is 2. The van der Waals surface area contributed by atoms with Gasteiger partial charge >= 0.3 is 6.03 Å². The fraction of sp³-hybridized carbons (Fsp3) is 0.333. The first-order chi connectivity index (χ1) is 8.52. The summed E-state index contributed by atoms with van der Waals surface area (Å²) in [6.07, 6.45) is 0. The molecule has 6 nitrogen and oxygen atoms in total. The molecule has 1 rings (SSSR count). The first-order valence-corrected chi connectivity index (χ1v) is 5.69. The van der Waals surface area contributed by atoms with E-state index in [1.54, 1.807) is 24.3 Å². The van der Waals surface area contributed by atoms with E-state index in [1.165, 1.54) is 0 Å². The summed E-state index contributed by atoms with van der Waals surface area (Å²) < 4.78 is 0. The summed E-state index contributed by atoms with van der Waals surface area (Å²) in [5.74, 6) is -0.312. The van der Waals surface area contributed by atoms with Gasteiger partial charge in [0.05, 0.1) is 17.9 Å². The zero-order valence-electron chi connectivity index (χ0n) is 10.9. The number of amides is 3. The van der Waals surface area contributed by atoms with Crippen LogP contribution in [0.2, 0.25) is 0 Å². The molecule has 0 saturated heterocycles. The Hall–Kier alpha value is -1.79. The topological polar surface area (TPSA) is 96.2 Å². The maximum Gasteiger partial charge on any atom is 0.319 e. The molecule has 0 radical (unpaired) electrons. The van der Waals surface area contributed by atoms with Crippen molar-refractivity contribution in [2.45, 2.75) is 19.9 Å². The summed E-state index contributed by atoms with van der Waals surface area (Å²) in [5.41, 5.74) is 6.27. The first kappa shape index (κ1) is 17.2. The number of nitrogens with two attached hydrogens (primary N) is 1. The summed E-state index contributed by atoms with van der Waals surface area (Å²) in [6.45, 7) is 3.62. The largest absolute Gasteiger partial charge is 0.336 e. The highest BCUT2D eigenvalue weighted by Crippen LogP contribution is 2.20. The van der Waals surface area contributed by atoms with E-state index in [2.05, 4.69) is 16.0 Å². The maximum atomic E-state index is 11.6.